The van der Waals surface area contributed by atoms with E-state index in [1.165, 1.54) is 24.3 Å². The Morgan fingerprint density at radius 2 is 1.95 bits per heavy atom. The van der Waals surface area contributed by atoms with Gasteiger partial charge in [-0.15, -0.1) is 0 Å². The number of halogens is 1. The summed E-state index contributed by atoms with van der Waals surface area (Å²) in [5.74, 6) is -1.09. The number of aromatic hydroxyl groups is 2. The lowest BCUT2D eigenvalue weighted by Crippen LogP contribution is -2.01. The smallest absolute Gasteiger partial charge is 0.304 e. The Balaban J connectivity index is 2.11. The zero-order chi connectivity index (χ0) is 14.7. The summed E-state index contributed by atoms with van der Waals surface area (Å²) >= 11 is 0. The quantitative estimate of drug-likeness (QED) is 0.590. The number of nitro benzene ring substituents is 1. The van der Waals surface area contributed by atoms with Crippen molar-refractivity contribution in [3.63, 3.8) is 0 Å². The Morgan fingerprint density at radius 3 is 2.55 bits per heavy atom. The first-order chi connectivity index (χ1) is 9.47. The molecular formula is C13H11FN2O4. The van der Waals surface area contributed by atoms with Crippen molar-refractivity contribution >= 4 is 11.4 Å². The monoisotopic (exact) mass is 278 g/mol. The normalized spacial score (nSPS) is 10.2. The van der Waals surface area contributed by atoms with Crippen LogP contribution in [0.2, 0.25) is 0 Å². The molecule has 20 heavy (non-hydrogen) atoms. The van der Waals surface area contributed by atoms with Gasteiger partial charge in [0.2, 0.25) is 5.82 Å². The summed E-state index contributed by atoms with van der Waals surface area (Å²) in [6.45, 7) is 0.184. The van der Waals surface area contributed by atoms with Crippen molar-refractivity contribution in [1.82, 2.24) is 0 Å². The molecular weight excluding hydrogens is 267 g/mol. The van der Waals surface area contributed by atoms with Crippen LogP contribution in [-0.2, 0) is 6.54 Å². The van der Waals surface area contributed by atoms with Crippen LogP contribution in [0.5, 0.6) is 11.5 Å². The van der Waals surface area contributed by atoms with E-state index in [2.05, 4.69) is 5.32 Å². The Hall–Kier alpha value is -2.83. The van der Waals surface area contributed by atoms with Crippen molar-refractivity contribution < 1.29 is 19.5 Å². The molecule has 0 bridgehead atoms. The fraction of sp³-hybridized carbons (Fsp3) is 0.0769. The van der Waals surface area contributed by atoms with Crippen molar-refractivity contribution in [2.75, 3.05) is 5.32 Å². The maximum atomic E-state index is 13.4. The molecule has 0 saturated heterocycles. The summed E-state index contributed by atoms with van der Waals surface area (Å²) < 4.78 is 13.4. The van der Waals surface area contributed by atoms with Crippen molar-refractivity contribution in [3.8, 4) is 11.5 Å². The number of anilines is 1. The molecule has 2 aromatic carbocycles. The van der Waals surface area contributed by atoms with Crippen LogP contribution < -0.4 is 5.32 Å². The number of phenolic OH excluding ortho intramolecular Hbond substituents is 2. The van der Waals surface area contributed by atoms with Crippen LogP contribution in [0.4, 0.5) is 15.8 Å². The molecule has 7 heteroatoms. The van der Waals surface area contributed by atoms with Gasteiger partial charge in [-0.2, -0.15) is 4.39 Å². The van der Waals surface area contributed by atoms with Crippen molar-refractivity contribution in [3.05, 3.63) is 57.9 Å². The summed E-state index contributed by atoms with van der Waals surface area (Å²) in [5.41, 5.74) is 0.255. The number of benzene rings is 2. The minimum Gasteiger partial charge on any atom is -0.508 e. The van der Waals surface area contributed by atoms with E-state index >= 15 is 0 Å². The van der Waals surface area contributed by atoms with E-state index in [4.69, 9.17) is 5.11 Å². The predicted molar refractivity (Wildman–Crippen MR) is 70.2 cm³/mol. The van der Waals surface area contributed by atoms with Gasteiger partial charge < -0.3 is 15.5 Å². The third-order valence-electron chi connectivity index (χ3n) is 2.70. The lowest BCUT2D eigenvalue weighted by Gasteiger charge is -2.08. The summed E-state index contributed by atoms with van der Waals surface area (Å²) in [7, 11) is 0. The molecule has 0 spiro atoms. The maximum Gasteiger partial charge on any atom is 0.304 e. The molecule has 0 radical (unpaired) electrons. The standard InChI is InChI=1S/C13H11FN2O4/c14-11-5-9(2-4-12(11)16(19)20)15-7-8-1-3-10(17)6-13(8)18/h1-6,15,17-18H,7H2. The van der Waals surface area contributed by atoms with Gasteiger partial charge in [-0.3, -0.25) is 10.1 Å². The average molecular weight is 278 g/mol. The fourth-order valence-electron chi connectivity index (χ4n) is 1.66. The van der Waals surface area contributed by atoms with Gasteiger partial charge >= 0.3 is 5.69 Å². The van der Waals surface area contributed by atoms with Crippen molar-refractivity contribution in [2.24, 2.45) is 0 Å². The first-order valence-corrected chi connectivity index (χ1v) is 5.66. The van der Waals surface area contributed by atoms with Gasteiger partial charge in [0.1, 0.15) is 11.5 Å². The van der Waals surface area contributed by atoms with Crippen LogP contribution >= 0.6 is 0 Å². The molecule has 0 fully saturated rings. The van der Waals surface area contributed by atoms with E-state index in [0.717, 1.165) is 12.1 Å². The van der Waals surface area contributed by atoms with Crippen LogP contribution in [0.25, 0.3) is 0 Å². The number of hydrogen-bond acceptors (Lipinski definition) is 5. The molecule has 0 aliphatic carbocycles. The molecule has 0 heterocycles. The van der Waals surface area contributed by atoms with Gasteiger partial charge in [0.05, 0.1) is 4.92 Å². The molecule has 0 aliphatic rings. The van der Waals surface area contributed by atoms with Crippen LogP contribution in [0.15, 0.2) is 36.4 Å². The highest BCUT2D eigenvalue weighted by Gasteiger charge is 2.13. The van der Waals surface area contributed by atoms with Crippen molar-refractivity contribution in [1.29, 1.82) is 0 Å². The highest BCUT2D eigenvalue weighted by molar-refractivity contribution is 5.51. The molecule has 6 nitrogen and oxygen atoms in total. The van der Waals surface area contributed by atoms with Gasteiger partial charge in [0.25, 0.3) is 0 Å². The molecule has 0 unspecified atom stereocenters. The highest BCUT2D eigenvalue weighted by atomic mass is 19.1. The molecule has 0 atom stereocenters. The SMILES string of the molecule is O=[N+]([O-])c1ccc(NCc2ccc(O)cc2O)cc1F. The largest absolute Gasteiger partial charge is 0.508 e. The lowest BCUT2D eigenvalue weighted by molar-refractivity contribution is -0.387. The lowest BCUT2D eigenvalue weighted by atomic mass is 10.2. The van der Waals surface area contributed by atoms with Crippen LogP contribution in [-0.4, -0.2) is 15.1 Å². The zero-order valence-electron chi connectivity index (χ0n) is 10.2. The molecule has 0 amide bonds. The molecule has 2 rings (SSSR count). The van der Waals surface area contributed by atoms with Gasteiger partial charge in [-0.05, 0) is 18.2 Å². The van der Waals surface area contributed by atoms with E-state index in [1.54, 1.807) is 0 Å². The number of hydrogen-bond donors (Lipinski definition) is 3. The van der Waals surface area contributed by atoms with Crippen molar-refractivity contribution in [2.45, 2.75) is 6.54 Å². The average Bonchev–Trinajstić information content (AvgIpc) is 2.37. The van der Waals surface area contributed by atoms with E-state index in [0.29, 0.717) is 11.3 Å². The van der Waals surface area contributed by atoms with Gasteiger partial charge in [0.15, 0.2) is 0 Å². The fourth-order valence-corrected chi connectivity index (χ4v) is 1.66. The first kappa shape index (κ1) is 13.6. The number of rotatable bonds is 4. The van der Waals surface area contributed by atoms with Crippen LogP contribution in [0, 0.1) is 15.9 Å². The third kappa shape index (κ3) is 2.94. The van der Waals surface area contributed by atoms with Gasteiger partial charge in [-0.25, -0.2) is 0 Å². The maximum absolute atomic E-state index is 13.4. The van der Waals surface area contributed by atoms with Gasteiger partial charge in [-0.1, -0.05) is 0 Å². The predicted octanol–water partition coefficient (Wildman–Crippen LogP) is 2.76. The van der Waals surface area contributed by atoms with E-state index in [1.807, 2.05) is 0 Å². The number of phenols is 2. The topological polar surface area (TPSA) is 95.6 Å². The second-order valence-electron chi connectivity index (χ2n) is 4.09. The molecule has 0 aromatic heterocycles. The van der Waals surface area contributed by atoms with Gasteiger partial charge in [0, 0.05) is 36.0 Å². The summed E-state index contributed by atoms with van der Waals surface area (Å²) in [6.07, 6.45) is 0. The Bertz CT molecular complexity index is 661. The Morgan fingerprint density at radius 1 is 1.20 bits per heavy atom. The minimum absolute atomic E-state index is 0.0624. The minimum atomic E-state index is -0.935. The molecule has 0 saturated carbocycles. The third-order valence-corrected chi connectivity index (χ3v) is 2.70. The molecule has 3 N–H and O–H groups in total. The first-order valence-electron chi connectivity index (χ1n) is 5.66. The summed E-state index contributed by atoms with van der Waals surface area (Å²) in [6, 6.07) is 7.56. The number of nitrogens with one attached hydrogen (secondary N) is 1. The van der Waals surface area contributed by atoms with E-state index < -0.39 is 16.4 Å². The van der Waals surface area contributed by atoms with Crippen LogP contribution in [0.3, 0.4) is 0 Å². The summed E-state index contributed by atoms with van der Waals surface area (Å²) in [5, 5.41) is 32.0. The van der Waals surface area contributed by atoms with Crippen LogP contribution in [0.1, 0.15) is 5.56 Å². The molecule has 2 aromatic rings. The van der Waals surface area contributed by atoms with E-state index in [9.17, 15) is 19.6 Å². The highest BCUT2D eigenvalue weighted by Crippen LogP contribution is 2.25. The number of nitrogens with zero attached hydrogens (tertiary/aromatic N) is 1. The molecule has 0 aliphatic heterocycles. The number of nitro groups is 1. The summed E-state index contributed by atoms with van der Waals surface area (Å²) in [4.78, 5) is 9.68. The Labute approximate surface area is 113 Å². The second-order valence-corrected chi connectivity index (χ2v) is 4.09. The Kier molecular flexibility index (Phi) is 3.69. The zero-order valence-corrected chi connectivity index (χ0v) is 10.2. The molecule has 104 valence electrons. The van der Waals surface area contributed by atoms with E-state index in [-0.39, 0.29) is 18.0 Å². The second kappa shape index (κ2) is 5.43.